The van der Waals surface area contributed by atoms with Crippen LogP contribution in [0.15, 0.2) is 34.2 Å². The average Bonchev–Trinajstić information content (AvgIpc) is 2.61. The number of Topliss-reactive ketones (excluding diaryl/α,β-unsaturated/α-hetero) is 1. The van der Waals surface area contributed by atoms with E-state index in [2.05, 4.69) is 0 Å². The first kappa shape index (κ1) is 19.9. The summed E-state index contributed by atoms with van der Waals surface area (Å²) < 4.78 is 6.10. The maximum atomic E-state index is 13.2. The monoisotopic (exact) mass is 379 g/mol. The number of allylic oxidation sites excluding steroid dienone is 1. The Morgan fingerprint density at radius 1 is 1.08 bits per heavy atom. The molecule has 1 fully saturated rings. The maximum absolute atomic E-state index is 13.2. The predicted molar refractivity (Wildman–Crippen MR) is 106 cm³/mol. The number of hydrogen-bond acceptors (Lipinski definition) is 5. The predicted octanol–water partition coefficient (Wildman–Crippen LogP) is 4.42. The van der Waals surface area contributed by atoms with Crippen molar-refractivity contribution >= 4 is 35.2 Å². The van der Waals surface area contributed by atoms with Gasteiger partial charge in [0.25, 0.3) is 0 Å². The average molecular weight is 380 g/mol. The number of benzene rings is 1. The van der Waals surface area contributed by atoms with Gasteiger partial charge in [0.05, 0.1) is 11.3 Å². The van der Waals surface area contributed by atoms with Gasteiger partial charge in [0.15, 0.2) is 0 Å². The second-order valence-electron chi connectivity index (χ2n) is 6.86. The van der Waals surface area contributed by atoms with Crippen molar-refractivity contribution in [3.63, 3.8) is 0 Å². The van der Waals surface area contributed by atoms with Crippen molar-refractivity contribution in [3.05, 3.63) is 39.8 Å². The normalized spacial score (nSPS) is 14.8. The summed E-state index contributed by atoms with van der Waals surface area (Å²) in [4.78, 5) is 27.5. The lowest BCUT2D eigenvalue weighted by molar-refractivity contribution is -0.136. The van der Waals surface area contributed by atoms with E-state index in [9.17, 15) is 9.59 Å². The van der Waals surface area contributed by atoms with Gasteiger partial charge in [0, 0.05) is 18.0 Å². The molecule has 6 heteroatoms. The van der Waals surface area contributed by atoms with E-state index in [1.165, 1.54) is 4.90 Å². The van der Waals surface area contributed by atoms with Crippen LogP contribution in [0.3, 0.4) is 0 Å². The first-order valence-corrected chi connectivity index (χ1v) is 10.2. The van der Waals surface area contributed by atoms with Gasteiger partial charge in [-0.2, -0.15) is 0 Å². The van der Waals surface area contributed by atoms with Crippen molar-refractivity contribution in [1.29, 1.82) is 0 Å². The summed E-state index contributed by atoms with van der Waals surface area (Å²) in [6.07, 6.45) is 1.11. The number of thioether (sulfide) groups is 2. The molecule has 1 aliphatic heterocycles. The molecular weight excluding hydrogens is 354 g/mol. The Balaban J connectivity index is 2.43. The van der Waals surface area contributed by atoms with Crippen LogP contribution in [0.4, 0.5) is 0 Å². The van der Waals surface area contributed by atoms with E-state index < -0.39 is 5.41 Å². The van der Waals surface area contributed by atoms with E-state index in [4.69, 9.17) is 4.74 Å². The third-order valence-electron chi connectivity index (χ3n) is 3.80. The molecule has 1 heterocycles. The fourth-order valence-corrected chi connectivity index (χ4v) is 5.13. The summed E-state index contributed by atoms with van der Waals surface area (Å²) in [5.74, 6) is 2.45. The summed E-state index contributed by atoms with van der Waals surface area (Å²) in [5, 5.41) is 0. The molecule has 0 spiro atoms. The number of carbonyl (C=O) groups is 2. The maximum Gasteiger partial charge on any atom is 0.232 e. The van der Waals surface area contributed by atoms with Gasteiger partial charge in [0.1, 0.15) is 11.4 Å². The molecule has 0 saturated carbocycles. The third-order valence-corrected chi connectivity index (χ3v) is 6.40. The Kier molecular flexibility index (Phi) is 6.63. The summed E-state index contributed by atoms with van der Waals surface area (Å²) >= 11 is 3.32. The van der Waals surface area contributed by atoms with E-state index >= 15 is 0 Å². The second kappa shape index (κ2) is 8.32. The Hall–Kier alpha value is -1.40. The summed E-state index contributed by atoms with van der Waals surface area (Å²) in [7, 11) is 3.29. The van der Waals surface area contributed by atoms with Crippen molar-refractivity contribution < 1.29 is 14.3 Å². The van der Waals surface area contributed by atoms with Gasteiger partial charge in [-0.05, 0) is 42.2 Å². The van der Waals surface area contributed by atoms with E-state index in [1.807, 2.05) is 20.8 Å². The molecule has 0 aliphatic carbocycles. The van der Waals surface area contributed by atoms with Crippen molar-refractivity contribution in [3.8, 4) is 5.75 Å². The summed E-state index contributed by atoms with van der Waals surface area (Å²) in [5.41, 5.74) is 0.494. The van der Waals surface area contributed by atoms with Crippen molar-refractivity contribution in [2.45, 2.75) is 27.2 Å². The molecule has 0 N–H and O–H groups in total. The van der Waals surface area contributed by atoms with Crippen LogP contribution >= 0.6 is 23.5 Å². The second-order valence-corrected chi connectivity index (χ2v) is 9.33. The Morgan fingerprint density at radius 3 is 2.12 bits per heavy atom. The van der Waals surface area contributed by atoms with Crippen LogP contribution in [-0.4, -0.2) is 42.3 Å². The first-order chi connectivity index (χ1) is 11.8. The van der Waals surface area contributed by atoms with Gasteiger partial charge in [-0.3, -0.25) is 9.59 Å². The number of carbonyl (C=O) groups excluding carboxylic acids is 2. The number of ketones is 1. The molecule has 1 amide bonds. The van der Waals surface area contributed by atoms with Gasteiger partial charge in [-0.25, -0.2) is 0 Å². The largest absolute Gasteiger partial charge is 0.497 e. The lowest BCUT2D eigenvalue weighted by Gasteiger charge is -2.29. The molecule has 1 aliphatic rings. The molecule has 25 heavy (non-hydrogen) atoms. The standard InChI is InChI=1S/C19H25NO3S2/c1-19(2,3)18(22)20(4)15(17-24-11-6-12-25-17)16(21)13-7-9-14(23-5)10-8-13/h7-10H,6,11-12H2,1-5H3. The van der Waals surface area contributed by atoms with Gasteiger partial charge >= 0.3 is 0 Å². The van der Waals surface area contributed by atoms with Gasteiger partial charge in [0.2, 0.25) is 11.7 Å². The highest BCUT2D eigenvalue weighted by Gasteiger charge is 2.32. The van der Waals surface area contributed by atoms with E-state index in [0.29, 0.717) is 17.0 Å². The van der Waals surface area contributed by atoms with Crippen LogP contribution in [0.1, 0.15) is 37.6 Å². The quantitative estimate of drug-likeness (QED) is 0.572. The number of nitrogens with zero attached hydrogens (tertiary/aromatic N) is 1. The molecular formula is C19H25NO3S2. The summed E-state index contributed by atoms with van der Waals surface area (Å²) in [6, 6.07) is 7.02. The Labute approximate surface area is 158 Å². The van der Waals surface area contributed by atoms with Crippen LogP contribution in [0.5, 0.6) is 5.75 Å². The van der Waals surface area contributed by atoms with Crippen molar-refractivity contribution in [2.75, 3.05) is 25.7 Å². The van der Waals surface area contributed by atoms with E-state index in [-0.39, 0.29) is 11.7 Å². The minimum Gasteiger partial charge on any atom is -0.497 e. The fraction of sp³-hybridized carbons (Fsp3) is 0.474. The molecule has 1 aromatic carbocycles. The smallest absolute Gasteiger partial charge is 0.232 e. The number of likely N-dealkylation sites (N-methyl/N-ethyl adjacent to an activating group) is 1. The molecule has 1 saturated heterocycles. The van der Waals surface area contributed by atoms with Gasteiger partial charge < -0.3 is 9.64 Å². The zero-order valence-corrected chi connectivity index (χ0v) is 17.1. The highest BCUT2D eigenvalue weighted by Crippen LogP contribution is 2.39. The zero-order valence-electron chi connectivity index (χ0n) is 15.4. The number of methoxy groups -OCH3 is 1. The van der Waals surface area contributed by atoms with Crippen LogP contribution < -0.4 is 4.74 Å². The Bertz CT molecular complexity index is 667. The number of rotatable bonds is 4. The lowest BCUT2D eigenvalue weighted by atomic mass is 9.94. The molecule has 1 aromatic rings. The molecule has 2 rings (SSSR count). The highest BCUT2D eigenvalue weighted by atomic mass is 32.2. The van der Waals surface area contributed by atoms with Crippen LogP contribution in [0, 0.1) is 5.41 Å². The SMILES string of the molecule is COc1ccc(C(=O)C(=C2SCCCS2)N(C)C(=O)C(C)(C)C)cc1. The number of hydrogen-bond donors (Lipinski definition) is 0. The molecule has 0 aromatic heterocycles. The Morgan fingerprint density at radius 2 is 1.64 bits per heavy atom. The molecule has 0 atom stereocenters. The molecule has 0 radical (unpaired) electrons. The van der Waals surface area contributed by atoms with Crippen LogP contribution in [0.25, 0.3) is 0 Å². The molecule has 0 unspecified atom stereocenters. The van der Waals surface area contributed by atoms with Crippen molar-refractivity contribution in [1.82, 2.24) is 4.90 Å². The summed E-state index contributed by atoms with van der Waals surface area (Å²) in [6.45, 7) is 5.60. The number of ether oxygens (including phenoxy) is 1. The van der Waals surface area contributed by atoms with Gasteiger partial charge in [-0.15, -0.1) is 23.5 Å². The lowest BCUT2D eigenvalue weighted by Crippen LogP contribution is -2.38. The molecule has 0 bridgehead atoms. The topological polar surface area (TPSA) is 46.6 Å². The van der Waals surface area contributed by atoms with Gasteiger partial charge in [-0.1, -0.05) is 20.8 Å². The number of amides is 1. The highest BCUT2D eigenvalue weighted by molar-refractivity contribution is 8.22. The van der Waals surface area contributed by atoms with E-state index in [1.54, 1.807) is 61.9 Å². The first-order valence-electron chi connectivity index (χ1n) is 8.22. The molecule has 4 nitrogen and oxygen atoms in total. The van der Waals surface area contributed by atoms with Crippen LogP contribution in [0.2, 0.25) is 0 Å². The zero-order chi connectivity index (χ0) is 18.6. The fourth-order valence-electron chi connectivity index (χ4n) is 2.43. The minimum atomic E-state index is -0.551. The minimum absolute atomic E-state index is 0.0661. The van der Waals surface area contributed by atoms with Crippen molar-refractivity contribution in [2.24, 2.45) is 5.41 Å². The third kappa shape index (κ3) is 4.82. The van der Waals surface area contributed by atoms with E-state index in [0.717, 1.165) is 22.2 Å². The van der Waals surface area contributed by atoms with Crippen LogP contribution in [-0.2, 0) is 4.79 Å². The molecule has 136 valence electrons.